The van der Waals surface area contributed by atoms with Crippen LogP contribution in [-0.4, -0.2) is 41.4 Å². The van der Waals surface area contributed by atoms with Gasteiger partial charge in [-0.05, 0) is 31.4 Å². The third-order valence-corrected chi connectivity index (χ3v) is 5.99. The van der Waals surface area contributed by atoms with E-state index in [-0.39, 0.29) is 17.9 Å². The predicted molar refractivity (Wildman–Crippen MR) is 118 cm³/mol. The molecule has 3 atom stereocenters. The van der Waals surface area contributed by atoms with Crippen LogP contribution in [0.5, 0.6) is 5.75 Å². The van der Waals surface area contributed by atoms with Gasteiger partial charge >= 0.3 is 0 Å². The van der Waals surface area contributed by atoms with Crippen LogP contribution in [0.4, 0.5) is 11.5 Å². The molecule has 8 heteroatoms. The molecule has 2 heterocycles. The Morgan fingerprint density at radius 1 is 1.37 bits per heavy atom. The second kappa shape index (κ2) is 9.10. The van der Waals surface area contributed by atoms with Crippen LogP contribution in [0.3, 0.4) is 0 Å². The van der Waals surface area contributed by atoms with Crippen molar-refractivity contribution in [2.75, 3.05) is 23.8 Å². The van der Waals surface area contributed by atoms with Crippen molar-refractivity contribution in [1.29, 1.82) is 0 Å². The summed E-state index contributed by atoms with van der Waals surface area (Å²) in [6.07, 6.45) is 4.37. The van der Waals surface area contributed by atoms with Crippen LogP contribution in [0.25, 0.3) is 11.1 Å². The summed E-state index contributed by atoms with van der Waals surface area (Å²) in [6, 6.07) is 7.84. The van der Waals surface area contributed by atoms with Crippen molar-refractivity contribution < 1.29 is 14.6 Å². The summed E-state index contributed by atoms with van der Waals surface area (Å²) in [5, 5.41) is 20.7. The van der Waals surface area contributed by atoms with Crippen LogP contribution in [-0.2, 0) is 4.79 Å². The van der Waals surface area contributed by atoms with Gasteiger partial charge in [-0.1, -0.05) is 30.2 Å². The Balaban J connectivity index is 1.52. The van der Waals surface area contributed by atoms with Crippen LogP contribution < -0.4 is 20.7 Å². The van der Waals surface area contributed by atoms with Gasteiger partial charge in [0.1, 0.15) is 24.4 Å². The van der Waals surface area contributed by atoms with Crippen molar-refractivity contribution in [3.05, 3.63) is 35.5 Å². The fourth-order valence-electron chi connectivity index (χ4n) is 4.31. The number of benzene rings is 1. The van der Waals surface area contributed by atoms with E-state index in [0.29, 0.717) is 17.4 Å². The van der Waals surface area contributed by atoms with Gasteiger partial charge in [-0.2, -0.15) is 0 Å². The number of halogens is 1. The van der Waals surface area contributed by atoms with Gasteiger partial charge in [0.25, 0.3) is 0 Å². The molecule has 1 saturated carbocycles. The van der Waals surface area contributed by atoms with Gasteiger partial charge in [0.15, 0.2) is 0 Å². The van der Waals surface area contributed by atoms with Gasteiger partial charge in [0.2, 0.25) is 5.91 Å². The molecular weight excluding hydrogens is 404 g/mol. The fraction of sp³-hybridized carbons (Fsp3) is 0.455. The third-order valence-electron chi connectivity index (χ3n) is 5.69. The maximum atomic E-state index is 11.4. The molecule has 0 saturated heterocycles. The molecule has 0 bridgehead atoms. The van der Waals surface area contributed by atoms with Crippen LogP contribution in [0.15, 0.2) is 30.5 Å². The summed E-state index contributed by atoms with van der Waals surface area (Å²) in [7, 11) is 0. The number of fused-ring (bicyclic) bond motifs is 1. The lowest BCUT2D eigenvalue weighted by molar-refractivity contribution is -0.120. The minimum atomic E-state index is -0.759. The summed E-state index contributed by atoms with van der Waals surface area (Å²) >= 11 is 6.46. The summed E-state index contributed by atoms with van der Waals surface area (Å²) in [5.41, 5.74) is 2.61. The van der Waals surface area contributed by atoms with E-state index in [2.05, 4.69) is 20.9 Å². The number of carbonyl (C=O) groups is 1. The molecular formula is C22H27ClN4O3. The Bertz CT molecular complexity index is 923. The number of amides is 1. The molecule has 1 aliphatic heterocycles. The van der Waals surface area contributed by atoms with E-state index < -0.39 is 6.23 Å². The summed E-state index contributed by atoms with van der Waals surface area (Å²) in [4.78, 5) is 15.7. The number of hydrogen-bond acceptors (Lipinski definition) is 6. The minimum Gasteiger partial charge on any atom is -0.489 e. The molecule has 1 unspecified atom stereocenters. The number of anilines is 2. The minimum absolute atomic E-state index is 0.0324. The van der Waals surface area contributed by atoms with Crippen molar-refractivity contribution in [3.8, 4) is 16.9 Å². The second-order valence-corrected chi connectivity index (χ2v) is 8.33. The Hall–Kier alpha value is -2.51. The van der Waals surface area contributed by atoms with Crippen molar-refractivity contribution in [2.45, 2.75) is 44.9 Å². The van der Waals surface area contributed by atoms with Gasteiger partial charge in [-0.15, -0.1) is 0 Å². The lowest BCUT2D eigenvalue weighted by atomic mass is 9.84. The number of para-hydroxylation sites is 1. The number of aliphatic hydroxyl groups is 1. The average molecular weight is 431 g/mol. The highest BCUT2D eigenvalue weighted by atomic mass is 35.5. The van der Waals surface area contributed by atoms with Crippen LogP contribution in [0, 0.1) is 5.92 Å². The molecule has 4 rings (SSSR count). The summed E-state index contributed by atoms with van der Waals surface area (Å²) in [5.74, 6) is 1.32. The van der Waals surface area contributed by atoms with E-state index in [1.807, 2.05) is 24.3 Å². The SMILES string of the molecule is CC(=O)N[C@@H]1CCC[C@H](C(O)Nc2cc(-c3cccc4c3OCCN4)c(Cl)cn2)C1. The largest absolute Gasteiger partial charge is 0.489 e. The van der Waals surface area contributed by atoms with Gasteiger partial charge in [0, 0.05) is 42.8 Å². The number of aliphatic hydroxyl groups excluding tert-OH is 1. The molecule has 1 amide bonds. The number of aromatic nitrogens is 1. The maximum Gasteiger partial charge on any atom is 0.217 e. The zero-order valence-corrected chi connectivity index (χ0v) is 17.7. The van der Waals surface area contributed by atoms with Gasteiger partial charge < -0.3 is 25.8 Å². The molecule has 2 aliphatic rings. The highest BCUT2D eigenvalue weighted by Crippen LogP contribution is 2.41. The Morgan fingerprint density at radius 2 is 2.23 bits per heavy atom. The lowest BCUT2D eigenvalue weighted by Crippen LogP contribution is -2.41. The van der Waals surface area contributed by atoms with Gasteiger partial charge in [0.05, 0.1) is 10.7 Å². The van der Waals surface area contributed by atoms with Gasteiger partial charge in [-0.3, -0.25) is 4.79 Å². The number of pyridine rings is 1. The molecule has 7 nitrogen and oxygen atoms in total. The van der Waals surface area contributed by atoms with E-state index >= 15 is 0 Å². The molecule has 0 spiro atoms. The number of rotatable bonds is 5. The summed E-state index contributed by atoms with van der Waals surface area (Å²) in [6.45, 7) is 2.88. The zero-order chi connectivity index (χ0) is 21.1. The van der Waals surface area contributed by atoms with Crippen molar-refractivity contribution >= 4 is 29.0 Å². The number of nitrogens with zero attached hydrogens (tertiary/aromatic N) is 1. The Morgan fingerprint density at radius 3 is 3.07 bits per heavy atom. The molecule has 30 heavy (non-hydrogen) atoms. The first-order valence-electron chi connectivity index (χ1n) is 10.4. The Labute approximate surface area is 181 Å². The fourth-order valence-corrected chi connectivity index (χ4v) is 4.51. The molecule has 1 aromatic heterocycles. The first-order chi connectivity index (χ1) is 14.5. The molecule has 0 radical (unpaired) electrons. The highest BCUT2D eigenvalue weighted by molar-refractivity contribution is 6.33. The molecule has 160 valence electrons. The topological polar surface area (TPSA) is 95.5 Å². The number of nitrogens with one attached hydrogen (secondary N) is 3. The van der Waals surface area contributed by atoms with Crippen molar-refractivity contribution in [2.24, 2.45) is 5.92 Å². The maximum absolute atomic E-state index is 11.4. The summed E-state index contributed by atoms with van der Waals surface area (Å²) < 4.78 is 5.88. The average Bonchev–Trinajstić information content (AvgIpc) is 2.74. The molecule has 4 N–H and O–H groups in total. The predicted octanol–water partition coefficient (Wildman–Crippen LogP) is 3.63. The first-order valence-corrected chi connectivity index (χ1v) is 10.8. The van der Waals surface area contributed by atoms with E-state index in [9.17, 15) is 9.90 Å². The highest BCUT2D eigenvalue weighted by Gasteiger charge is 2.28. The smallest absolute Gasteiger partial charge is 0.217 e. The van der Waals surface area contributed by atoms with E-state index in [1.54, 1.807) is 6.20 Å². The number of ether oxygens (including phenoxy) is 1. The van der Waals surface area contributed by atoms with Gasteiger partial charge in [-0.25, -0.2) is 4.98 Å². The molecule has 1 aliphatic carbocycles. The van der Waals surface area contributed by atoms with E-state index in [4.69, 9.17) is 16.3 Å². The van der Waals surface area contributed by atoms with E-state index in [1.165, 1.54) is 6.92 Å². The number of carbonyl (C=O) groups excluding carboxylic acids is 1. The normalized spacial score (nSPS) is 21.6. The van der Waals surface area contributed by atoms with Crippen LogP contribution in [0.1, 0.15) is 32.6 Å². The van der Waals surface area contributed by atoms with Crippen molar-refractivity contribution in [3.63, 3.8) is 0 Å². The Kier molecular flexibility index (Phi) is 6.29. The first kappa shape index (κ1) is 20.8. The lowest BCUT2D eigenvalue weighted by Gasteiger charge is -2.33. The number of hydrogen-bond donors (Lipinski definition) is 4. The molecule has 2 aromatic rings. The quantitative estimate of drug-likeness (QED) is 0.541. The zero-order valence-electron chi connectivity index (χ0n) is 17.0. The third kappa shape index (κ3) is 4.63. The molecule has 1 aromatic carbocycles. The van der Waals surface area contributed by atoms with Crippen LogP contribution >= 0.6 is 11.6 Å². The monoisotopic (exact) mass is 430 g/mol. The second-order valence-electron chi connectivity index (χ2n) is 7.92. The standard InChI is InChI=1S/C22H27ClN4O3/c1-13(28)26-15-5-2-4-14(10-15)22(29)27-20-11-17(18(23)12-25-20)16-6-3-7-19-21(16)30-9-8-24-19/h3,6-7,11-12,14-15,22,24,29H,2,4-5,8-10H2,1H3,(H,25,27)(H,26,28)/t14-,15+,22?/m0/s1. The molecule has 1 fully saturated rings. The van der Waals surface area contributed by atoms with Crippen molar-refractivity contribution in [1.82, 2.24) is 10.3 Å². The van der Waals surface area contributed by atoms with E-state index in [0.717, 1.165) is 54.8 Å². The van der Waals surface area contributed by atoms with Crippen LogP contribution in [0.2, 0.25) is 5.02 Å².